The van der Waals surface area contributed by atoms with E-state index in [1.165, 1.54) is 18.2 Å². The van der Waals surface area contributed by atoms with Crippen molar-refractivity contribution in [1.82, 2.24) is 0 Å². The monoisotopic (exact) mass is 194 g/mol. The minimum atomic E-state index is -0.562. The lowest BCUT2D eigenvalue weighted by molar-refractivity contribution is 0.275. The molecular weight excluding hydrogens is 183 g/mol. The Morgan fingerprint density at radius 3 is 2.86 bits per heavy atom. The minimum Gasteiger partial charge on any atom is -0.396 e. The molecule has 4 heteroatoms. The lowest BCUT2D eigenvalue weighted by Crippen LogP contribution is -2.13. The summed E-state index contributed by atoms with van der Waals surface area (Å²) in [7, 11) is 0. The van der Waals surface area contributed by atoms with Crippen molar-refractivity contribution in [2.75, 3.05) is 6.61 Å². The average Bonchev–Trinajstić information content (AvgIpc) is 2.19. The second kappa shape index (κ2) is 4.70. The van der Waals surface area contributed by atoms with Gasteiger partial charge in [0, 0.05) is 18.2 Å². The maximum atomic E-state index is 13.2. The Morgan fingerprint density at radius 1 is 1.57 bits per heavy atom. The van der Waals surface area contributed by atoms with E-state index in [-0.39, 0.29) is 18.6 Å². The van der Waals surface area contributed by atoms with Crippen molar-refractivity contribution >= 4 is 0 Å². The summed E-state index contributed by atoms with van der Waals surface area (Å²) in [6, 6.07) is 5.36. The summed E-state index contributed by atoms with van der Waals surface area (Å²) >= 11 is 0. The number of rotatable bonds is 3. The lowest BCUT2D eigenvalue weighted by Gasteiger charge is -2.11. The summed E-state index contributed by atoms with van der Waals surface area (Å²) in [6.07, 6.45) is 0.284. The van der Waals surface area contributed by atoms with Crippen molar-refractivity contribution in [1.29, 1.82) is 5.26 Å². The van der Waals surface area contributed by atoms with Crippen LogP contribution in [0.3, 0.4) is 0 Å². The molecule has 0 saturated heterocycles. The van der Waals surface area contributed by atoms with Crippen molar-refractivity contribution in [3.8, 4) is 6.07 Å². The number of nitrogens with zero attached hydrogens (tertiary/aromatic N) is 1. The highest BCUT2D eigenvalue weighted by Crippen LogP contribution is 2.18. The van der Waals surface area contributed by atoms with E-state index in [1.807, 2.05) is 6.07 Å². The highest BCUT2D eigenvalue weighted by Gasteiger charge is 2.11. The van der Waals surface area contributed by atoms with E-state index >= 15 is 0 Å². The van der Waals surface area contributed by atoms with Crippen LogP contribution in [0.5, 0.6) is 0 Å². The zero-order valence-corrected chi connectivity index (χ0v) is 7.57. The molecule has 0 aliphatic rings. The van der Waals surface area contributed by atoms with Crippen LogP contribution in [0.15, 0.2) is 18.2 Å². The van der Waals surface area contributed by atoms with Gasteiger partial charge in [0.15, 0.2) is 0 Å². The zero-order chi connectivity index (χ0) is 10.6. The van der Waals surface area contributed by atoms with E-state index < -0.39 is 11.9 Å². The van der Waals surface area contributed by atoms with Gasteiger partial charge in [-0.25, -0.2) is 4.39 Å². The fraction of sp³-hybridized carbons (Fsp3) is 0.300. The van der Waals surface area contributed by atoms with E-state index in [9.17, 15) is 4.39 Å². The molecule has 0 aromatic heterocycles. The van der Waals surface area contributed by atoms with Crippen LogP contribution >= 0.6 is 0 Å². The van der Waals surface area contributed by atoms with Crippen LogP contribution in [0, 0.1) is 17.1 Å². The number of hydrogen-bond donors (Lipinski definition) is 2. The molecule has 0 saturated carbocycles. The first kappa shape index (κ1) is 10.6. The molecule has 0 spiro atoms. The second-order valence-electron chi connectivity index (χ2n) is 2.97. The smallest absolute Gasteiger partial charge is 0.128 e. The van der Waals surface area contributed by atoms with Crippen molar-refractivity contribution in [3.05, 3.63) is 35.1 Å². The van der Waals surface area contributed by atoms with Gasteiger partial charge in [0.1, 0.15) is 5.82 Å². The van der Waals surface area contributed by atoms with Gasteiger partial charge in [-0.2, -0.15) is 5.26 Å². The molecule has 0 amide bonds. The molecule has 3 nitrogen and oxygen atoms in total. The summed E-state index contributed by atoms with van der Waals surface area (Å²) in [4.78, 5) is 0. The third-order valence-corrected chi connectivity index (χ3v) is 1.96. The van der Waals surface area contributed by atoms with E-state index in [0.717, 1.165) is 0 Å². The lowest BCUT2D eigenvalue weighted by atomic mass is 10.0. The molecular formula is C10H11FN2O. The largest absolute Gasteiger partial charge is 0.396 e. The fourth-order valence-corrected chi connectivity index (χ4v) is 1.19. The number of aliphatic hydroxyl groups is 1. The molecule has 0 aliphatic heterocycles. The van der Waals surface area contributed by atoms with Crippen LogP contribution in [-0.4, -0.2) is 11.7 Å². The predicted molar refractivity (Wildman–Crippen MR) is 49.7 cm³/mol. The zero-order valence-electron chi connectivity index (χ0n) is 7.57. The third-order valence-electron chi connectivity index (χ3n) is 1.96. The number of nitriles is 1. The van der Waals surface area contributed by atoms with Crippen LogP contribution in [0.2, 0.25) is 0 Å². The standard InChI is InChI=1S/C10H11FN2O/c11-9-2-1-7(6-12)5-8(9)10(13)3-4-14/h1-2,5,10,14H,3-4,13H2/t10-/m0/s1. The van der Waals surface area contributed by atoms with Crippen LogP contribution in [0.1, 0.15) is 23.6 Å². The summed E-state index contributed by atoms with van der Waals surface area (Å²) in [5.41, 5.74) is 6.27. The molecule has 1 atom stereocenters. The van der Waals surface area contributed by atoms with Gasteiger partial charge < -0.3 is 10.8 Å². The van der Waals surface area contributed by atoms with Crippen molar-refractivity contribution in [2.24, 2.45) is 5.73 Å². The van der Waals surface area contributed by atoms with Crippen LogP contribution in [0.25, 0.3) is 0 Å². The van der Waals surface area contributed by atoms with Crippen molar-refractivity contribution < 1.29 is 9.50 Å². The Hall–Kier alpha value is -1.44. The van der Waals surface area contributed by atoms with Crippen molar-refractivity contribution in [3.63, 3.8) is 0 Å². The minimum absolute atomic E-state index is 0.0998. The second-order valence-corrected chi connectivity index (χ2v) is 2.97. The molecule has 1 rings (SSSR count). The van der Waals surface area contributed by atoms with Crippen LogP contribution in [-0.2, 0) is 0 Å². The molecule has 0 radical (unpaired) electrons. The van der Waals surface area contributed by atoms with Gasteiger partial charge in [-0.3, -0.25) is 0 Å². The Bertz CT molecular complexity index is 360. The Balaban J connectivity index is 3.01. The summed E-state index contributed by atoms with van der Waals surface area (Å²) in [5.74, 6) is -0.440. The van der Waals surface area contributed by atoms with Gasteiger partial charge in [0.05, 0.1) is 11.6 Å². The van der Waals surface area contributed by atoms with Crippen LogP contribution in [0.4, 0.5) is 4.39 Å². The first-order valence-corrected chi connectivity index (χ1v) is 4.25. The molecule has 1 aromatic carbocycles. The van der Waals surface area contributed by atoms with E-state index in [1.54, 1.807) is 0 Å². The van der Waals surface area contributed by atoms with E-state index in [0.29, 0.717) is 5.56 Å². The van der Waals surface area contributed by atoms with Gasteiger partial charge in [0.2, 0.25) is 0 Å². The summed E-state index contributed by atoms with van der Waals surface area (Å²) in [6.45, 7) is -0.0998. The number of benzene rings is 1. The predicted octanol–water partition coefficient (Wildman–Crippen LogP) is 1.08. The molecule has 0 bridgehead atoms. The normalized spacial score (nSPS) is 12.1. The molecule has 14 heavy (non-hydrogen) atoms. The van der Waals surface area contributed by atoms with Gasteiger partial charge >= 0.3 is 0 Å². The maximum Gasteiger partial charge on any atom is 0.128 e. The Morgan fingerprint density at radius 2 is 2.29 bits per heavy atom. The highest BCUT2D eigenvalue weighted by molar-refractivity contribution is 5.35. The molecule has 0 fully saturated rings. The van der Waals surface area contributed by atoms with Gasteiger partial charge in [-0.15, -0.1) is 0 Å². The fourth-order valence-electron chi connectivity index (χ4n) is 1.19. The molecule has 1 aromatic rings. The maximum absolute atomic E-state index is 13.2. The van der Waals surface area contributed by atoms with Gasteiger partial charge in [-0.05, 0) is 24.6 Å². The summed E-state index contributed by atoms with van der Waals surface area (Å²) in [5, 5.41) is 17.2. The molecule has 0 aliphatic carbocycles. The molecule has 0 unspecified atom stereocenters. The Kier molecular flexibility index (Phi) is 3.57. The molecule has 0 heterocycles. The first-order chi connectivity index (χ1) is 6.69. The third kappa shape index (κ3) is 2.28. The van der Waals surface area contributed by atoms with Crippen molar-refractivity contribution in [2.45, 2.75) is 12.5 Å². The number of aliphatic hydroxyl groups excluding tert-OH is 1. The van der Waals surface area contributed by atoms with E-state index in [4.69, 9.17) is 16.1 Å². The number of nitrogens with two attached hydrogens (primary N) is 1. The number of hydrogen-bond acceptors (Lipinski definition) is 3. The SMILES string of the molecule is N#Cc1ccc(F)c([C@@H](N)CCO)c1. The Labute approximate surface area is 81.6 Å². The quantitative estimate of drug-likeness (QED) is 0.756. The average molecular weight is 194 g/mol. The number of halogens is 1. The first-order valence-electron chi connectivity index (χ1n) is 4.25. The molecule has 74 valence electrons. The van der Waals surface area contributed by atoms with Gasteiger partial charge in [-0.1, -0.05) is 0 Å². The molecule has 3 N–H and O–H groups in total. The summed E-state index contributed by atoms with van der Waals surface area (Å²) < 4.78 is 13.2. The van der Waals surface area contributed by atoms with Gasteiger partial charge in [0.25, 0.3) is 0 Å². The van der Waals surface area contributed by atoms with E-state index in [2.05, 4.69) is 0 Å². The topological polar surface area (TPSA) is 70.0 Å². The van der Waals surface area contributed by atoms with Crippen LogP contribution < -0.4 is 5.73 Å². The highest BCUT2D eigenvalue weighted by atomic mass is 19.1.